The Hall–Kier alpha value is -8.88. The number of nitrogens with zero attached hydrogens (tertiary/aromatic N) is 8. The summed E-state index contributed by atoms with van der Waals surface area (Å²) in [4.78, 5) is 27.8. The van der Waals surface area contributed by atoms with Crippen LogP contribution < -0.4 is 19.6 Å². The molecule has 9 aromatic rings. The van der Waals surface area contributed by atoms with Gasteiger partial charge in [0.05, 0.1) is 22.7 Å². The monoisotopic (exact) mass is 866 g/mol. The van der Waals surface area contributed by atoms with Crippen LogP contribution in [0, 0.1) is 0 Å². The number of benzene rings is 6. The summed E-state index contributed by atoms with van der Waals surface area (Å²) in [5.41, 5.74) is 17.2. The highest BCUT2D eigenvalue weighted by atomic mass is 15.5. The molecule has 0 amide bonds. The molecule has 8 heteroatoms. The van der Waals surface area contributed by atoms with Crippen LogP contribution in [0.1, 0.15) is 6.92 Å². The van der Waals surface area contributed by atoms with Crippen LogP contribution in [-0.2, 0) is 0 Å². The Morgan fingerprint density at radius 2 is 0.746 bits per heavy atom. The van der Waals surface area contributed by atoms with Gasteiger partial charge in [-0.1, -0.05) is 127 Å². The highest BCUT2D eigenvalue weighted by Gasteiger charge is 2.52. The molecule has 3 aromatic heterocycles. The van der Waals surface area contributed by atoms with E-state index >= 15 is 0 Å². The van der Waals surface area contributed by atoms with Gasteiger partial charge in [-0.15, -0.1) is 0 Å². The molecule has 0 N–H and O–H groups in total. The van der Waals surface area contributed by atoms with E-state index in [9.17, 15) is 0 Å². The number of hydrogen-bond donors (Lipinski definition) is 0. The van der Waals surface area contributed by atoms with Gasteiger partial charge < -0.3 is 19.6 Å². The standard InChI is InChI=1S/C59H46N8/c1-3-46(24-31-60-2)64-54-38-50(42-16-8-4-9-17-42)51(43-18-10-5-11-19-43)39-55(54)65(47-25-32-61-33-26-47)58(64)59-66(48-27-34-62-35-28-48)56-40-52(44-20-12-6-13-21-44)53(45-22-14-7-15-23-45)41-57(56)67(59)49-29-36-63-37-30-49/h3-41,58-59H,2H2,1H3/b31-24-,46-3+. The lowest BCUT2D eigenvalue weighted by Gasteiger charge is -2.44. The first-order chi connectivity index (χ1) is 33.2. The molecule has 8 nitrogen and oxygen atoms in total. The SMILES string of the molecule is C=N/C=C\C(=C/C)N1c2cc(-c3ccccc3)c(-c3ccccc3)cc2N(c2ccncc2)C1C1N(c2ccncc2)c2cc(-c3ccccc3)c(-c3ccccc3)cc2N1c1ccncc1. The summed E-state index contributed by atoms with van der Waals surface area (Å²) in [7, 11) is 0. The minimum atomic E-state index is -0.443. The topological polar surface area (TPSA) is 64.0 Å². The zero-order valence-electron chi connectivity index (χ0n) is 37.0. The van der Waals surface area contributed by atoms with E-state index in [0.29, 0.717) is 0 Å². The van der Waals surface area contributed by atoms with E-state index in [1.54, 1.807) is 6.20 Å². The Balaban J connectivity index is 1.26. The quantitative estimate of drug-likeness (QED) is 0.0948. The van der Waals surface area contributed by atoms with Crippen molar-refractivity contribution in [1.29, 1.82) is 0 Å². The van der Waals surface area contributed by atoms with Gasteiger partial charge in [0.15, 0.2) is 12.3 Å². The minimum absolute atomic E-state index is 0.435. The van der Waals surface area contributed by atoms with E-state index in [1.165, 1.54) is 0 Å². The van der Waals surface area contributed by atoms with Crippen molar-refractivity contribution in [1.82, 2.24) is 15.0 Å². The first-order valence-electron chi connectivity index (χ1n) is 22.5. The minimum Gasteiger partial charge on any atom is -0.315 e. The summed E-state index contributed by atoms with van der Waals surface area (Å²) in [5, 5.41) is 0. The van der Waals surface area contributed by atoms with Crippen LogP contribution in [0.4, 0.5) is 39.8 Å². The molecule has 2 aliphatic rings. The highest BCUT2D eigenvalue weighted by Crippen LogP contribution is 2.58. The molecule has 1 unspecified atom stereocenters. The molecule has 0 bridgehead atoms. The Labute approximate surface area is 391 Å². The number of aliphatic imine (C=N–C) groups is 1. The van der Waals surface area contributed by atoms with E-state index in [2.05, 4.69) is 247 Å². The van der Waals surface area contributed by atoms with Crippen molar-refractivity contribution in [2.75, 3.05) is 19.6 Å². The van der Waals surface area contributed by atoms with Gasteiger partial charge in [0.25, 0.3) is 0 Å². The van der Waals surface area contributed by atoms with Crippen molar-refractivity contribution in [3.8, 4) is 44.5 Å². The molecule has 0 spiro atoms. The summed E-state index contributed by atoms with van der Waals surface area (Å²) >= 11 is 0. The van der Waals surface area contributed by atoms with Crippen LogP contribution in [0.5, 0.6) is 0 Å². The van der Waals surface area contributed by atoms with Gasteiger partial charge in [0.1, 0.15) is 0 Å². The first-order valence-corrected chi connectivity index (χ1v) is 22.5. The molecule has 0 aliphatic carbocycles. The van der Waals surface area contributed by atoms with Crippen LogP contribution in [0.3, 0.4) is 0 Å². The van der Waals surface area contributed by atoms with E-state index in [0.717, 1.165) is 90.0 Å². The van der Waals surface area contributed by atoms with Gasteiger partial charge in [-0.05, 0) is 125 Å². The second kappa shape index (κ2) is 17.9. The lowest BCUT2D eigenvalue weighted by Crippen LogP contribution is -2.59. The Morgan fingerprint density at radius 3 is 1.07 bits per heavy atom. The highest BCUT2D eigenvalue weighted by molar-refractivity contribution is 6.01. The fourth-order valence-corrected chi connectivity index (χ4v) is 9.81. The fraction of sp³-hybridized carbons (Fsp3) is 0.0508. The number of anilines is 7. The van der Waals surface area contributed by atoms with Gasteiger partial charge in [-0.2, -0.15) is 0 Å². The average Bonchev–Trinajstić information content (AvgIpc) is 3.92. The van der Waals surface area contributed by atoms with E-state index in [1.807, 2.05) is 37.2 Å². The molecule has 0 saturated carbocycles. The van der Waals surface area contributed by atoms with Gasteiger partial charge in [0.2, 0.25) is 0 Å². The van der Waals surface area contributed by atoms with E-state index in [4.69, 9.17) is 0 Å². The summed E-state index contributed by atoms with van der Waals surface area (Å²) in [5.74, 6) is 0. The predicted molar refractivity (Wildman–Crippen MR) is 276 cm³/mol. The molecule has 1 atom stereocenters. The van der Waals surface area contributed by atoms with Gasteiger partial charge in [-0.25, -0.2) is 0 Å². The molecule has 2 aliphatic heterocycles. The van der Waals surface area contributed by atoms with Crippen molar-refractivity contribution < 1.29 is 0 Å². The maximum absolute atomic E-state index is 4.54. The molecule has 0 fully saturated rings. The summed E-state index contributed by atoms with van der Waals surface area (Å²) in [6, 6.07) is 65.0. The summed E-state index contributed by atoms with van der Waals surface area (Å²) in [6.07, 6.45) is 16.4. The molecular formula is C59H46N8. The second-order valence-corrected chi connectivity index (χ2v) is 16.4. The number of fused-ring (bicyclic) bond motifs is 2. The Kier molecular flexibility index (Phi) is 10.9. The third-order valence-corrected chi connectivity index (χ3v) is 12.7. The van der Waals surface area contributed by atoms with Crippen LogP contribution >= 0.6 is 0 Å². The Bertz CT molecular complexity index is 3110. The molecular weight excluding hydrogens is 821 g/mol. The zero-order chi connectivity index (χ0) is 45.1. The number of rotatable bonds is 11. The fourth-order valence-electron chi connectivity index (χ4n) is 9.81. The van der Waals surface area contributed by atoms with Crippen molar-refractivity contribution in [2.45, 2.75) is 19.3 Å². The first kappa shape index (κ1) is 40.9. The van der Waals surface area contributed by atoms with Crippen molar-refractivity contribution in [3.63, 3.8) is 0 Å². The van der Waals surface area contributed by atoms with Crippen LogP contribution in [0.2, 0.25) is 0 Å². The van der Waals surface area contributed by atoms with Gasteiger partial charge in [0, 0.05) is 66.1 Å². The van der Waals surface area contributed by atoms with Gasteiger partial charge in [-0.3, -0.25) is 19.9 Å². The normalized spacial score (nSPS) is 14.7. The zero-order valence-corrected chi connectivity index (χ0v) is 37.0. The number of aromatic nitrogens is 3. The summed E-state index contributed by atoms with van der Waals surface area (Å²) < 4.78 is 0. The molecule has 11 rings (SSSR count). The van der Waals surface area contributed by atoms with Crippen LogP contribution in [-0.4, -0.2) is 34.0 Å². The largest absolute Gasteiger partial charge is 0.315 e. The number of hydrogen-bond acceptors (Lipinski definition) is 8. The third-order valence-electron chi connectivity index (χ3n) is 12.7. The van der Waals surface area contributed by atoms with E-state index in [-0.39, 0.29) is 0 Å². The number of pyridine rings is 3. The predicted octanol–water partition coefficient (Wildman–Crippen LogP) is 14.3. The molecule has 5 heterocycles. The van der Waals surface area contributed by atoms with E-state index < -0.39 is 12.3 Å². The smallest absolute Gasteiger partial charge is 0.151 e. The van der Waals surface area contributed by atoms with Crippen molar-refractivity contribution in [3.05, 3.63) is 243 Å². The van der Waals surface area contributed by atoms with Crippen LogP contribution in [0.25, 0.3) is 44.5 Å². The van der Waals surface area contributed by atoms with Crippen LogP contribution in [0.15, 0.2) is 248 Å². The molecule has 322 valence electrons. The maximum Gasteiger partial charge on any atom is 0.151 e. The molecule has 0 saturated heterocycles. The molecule has 0 radical (unpaired) electrons. The van der Waals surface area contributed by atoms with Crippen molar-refractivity contribution >= 4 is 46.5 Å². The number of allylic oxidation sites excluding steroid dienone is 2. The molecule has 67 heavy (non-hydrogen) atoms. The summed E-state index contributed by atoms with van der Waals surface area (Å²) in [6.45, 7) is 5.96. The molecule has 6 aromatic carbocycles. The second-order valence-electron chi connectivity index (χ2n) is 16.4. The average molecular weight is 867 g/mol. The van der Waals surface area contributed by atoms with Gasteiger partial charge >= 0.3 is 0 Å². The maximum atomic E-state index is 4.54. The lowest BCUT2D eigenvalue weighted by molar-refractivity contribution is 0.541. The third kappa shape index (κ3) is 7.40. The van der Waals surface area contributed by atoms with Crippen molar-refractivity contribution in [2.24, 2.45) is 4.99 Å². The lowest BCUT2D eigenvalue weighted by atomic mass is 9.93. The Morgan fingerprint density at radius 1 is 0.433 bits per heavy atom.